The average Bonchev–Trinajstić information content (AvgIpc) is 2.83. The van der Waals surface area contributed by atoms with E-state index >= 15 is 0 Å². The second kappa shape index (κ2) is 6.15. The maximum absolute atomic E-state index is 5.68. The molecule has 1 unspecified atom stereocenters. The van der Waals surface area contributed by atoms with E-state index in [0.717, 1.165) is 56.4 Å². The molecule has 3 rings (SSSR count). The molecule has 0 bridgehead atoms. The minimum atomic E-state index is 0.438. The van der Waals surface area contributed by atoms with Crippen molar-refractivity contribution in [1.82, 2.24) is 0 Å². The Kier molecular flexibility index (Phi) is 4.08. The summed E-state index contributed by atoms with van der Waals surface area (Å²) in [7, 11) is 0. The monoisotopic (exact) mass is 263 g/mol. The zero-order valence-corrected chi connectivity index (χ0v) is 11.2. The Morgan fingerprint density at radius 2 is 1.95 bits per heavy atom. The van der Waals surface area contributed by atoms with Gasteiger partial charge in [0.05, 0.1) is 19.3 Å². The summed E-state index contributed by atoms with van der Waals surface area (Å²) in [6, 6.07) is 6.05. The van der Waals surface area contributed by atoms with Crippen LogP contribution in [0.25, 0.3) is 0 Å². The molecular weight excluding hydrogens is 242 g/mol. The second-order valence-corrected chi connectivity index (χ2v) is 5.06. The smallest absolute Gasteiger partial charge is 0.163 e. The molecule has 19 heavy (non-hydrogen) atoms. The minimum Gasteiger partial charge on any atom is -0.490 e. The first-order chi connectivity index (χ1) is 9.42. The molecule has 0 amide bonds. The van der Waals surface area contributed by atoms with Crippen LogP contribution in [0.5, 0.6) is 11.5 Å². The summed E-state index contributed by atoms with van der Waals surface area (Å²) in [5.41, 5.74) is 1.09. The quantitative estimate of drug-likeness (QED) is 0.906. The molecule has 2 aliphatic heterocycles. The van der Waals surface area contributed by atoms with Gasteiger partial charge in [0, 0.05) is 31.3 Å². The first-order valence-electron chi connectivity index (χ1n) is 7.17. The van der Waals surface area contributed by atoms with E-state index < -0.39 is 0 Å². The fourth-order valence-electron chi connectivity index (χ4n) is 2.52. The molecule has 2 heterocycles. The van der Waals surface area contributed by atoms with Crippen molar-refractivity contribution < 1.29 is 14.2 Å². The molecule has 1 aromatic carbocycles. The van der Waals surface area contributed by atoms with Crippen molar-refractivity contribution in [2.24, 2.45) is 0 Å². The zero-order chi connectivity index (χ0) is 12.9. The molecule has 1 N–H and O–H groups in total. The Bertz CT molecular complexity index is 416. The highest BCUT2D eigenvalue weighted by atomic mass is 16.5. The Labute approximate surface area is 114 Å². The Morgan fingerprint density at radius 1 is 1.05 bits per heavy atom. The van der Waals surface area contributed by atoms with Gasteiger partial charge in [-0.3, -0.25) is 0 Å². The highest BCUT2D eigenvalue weighted by Gasteiger charge is 2.15. The van der Waals surface area contributed by atoms with E-state index in [-0.39, 0.29) is 0 Å². The summed E-state index contributed by atoms with van der Waals surface area (Å²) in [5, 5.41) is 3.43. The van der Waals surface area contributed by atoms with Crippen LogP contribution >= 0.6 is 0 Å². The first-order valence-corrected chi connectivity index (χ1v) is 7.17. The molecule has 2 aliphatic rings. The van der Waals surface area contributed by atoms with Crippen molar-refractivity contribution in [3.8, 4) is 11.5 Å². The van der Waals surface area contributed by atoms with Crippen LogP contribution in [0.2, 0.25) is 0 Å². The van der Waals surface area contributed by atoms with Gasteiger partial charge >= 0.3 is 0 Å². The standard InChI is InChI=1S/C15H21NO3/c1-3-13(17-8-1)6-7-16-12-4-5-14-15(11-12)19-10-2-9-18-14/h4-5,11,13,16H,1-3,6-10H2. The Hall–Kier alpha value is -1.42. The van der Waals surface area contributed by atoms with Crippen molar-refractivity contribution in [3.05, 3.63) is 18.2 Å². The lowest BCUT2D eigenvalue weighted by Crippen LogP contribution is -2.12. The third kappa shape index (κ3) is 3.32. The second-order valence-electron chi connectivity index (χ2n) is 5.06. The van der Waals surface area contributed by atoms with E-state index in [1.807, 2.05) is 18.2 Å². The minimum absolute atomic E-state index is 0.438. The largest absolute Gasteiger partial charge is 0.490 e. The van der Waals surface area contributed by atoms with Gasteiger partial charge in [0.2, 0.25) is 0 Å². The molecule has 0 radical (unpaired) electrons. The van der Waals surface area contributed by atoms with E-state index in [4.69, 9.17) is 14.2 Å². The number of anilines is 1. The number of hydrogen-bond acceptors (Lipinski definition) is 4. The third-order valence-electron chi connectivity index (χ3n) is 3.57. The number of ether oxygens (including phenoxy) is 3. The lowest BCUT2D eigenvalue weighted by Gasteiger charge is -2.13. The maximum Gasteiger partial charge on any atom is 0.163 e. The van der Waals surface area contributed by atoms with Crippen LogP contribution < -0.4 is 14.8 Å². The van der Waals surface area contributed by atoms with Crippen LogP contribution in [-0.2, 0) is 4.74 Å². The number of benzene rings is 1. The van der Waals surface area contributed by atoms with Gasteiger partial charge in [-0.25, -0.2) is 0 Å². The molecular formula is C15H21NO3. The maximum atomic E-state index is 5.68. The Morgan fingerprint density at radius 3 is 2.79 bits per heavy atom. The van der Waals surface area contributed by atoms with Gasteiger partial charge in [-0.2, -0.15) is 0 Å². The van der Waals surface area contributed by atoms with Gasteiger partial charge < -0.3 is 19.5 Å². The van der Waals surface area contributed by atoms with Crippen molar-refractivity contribution in [3.63, 3.8) is 0 Å². The third-order valence-corrected chi connectivity index (χ3v) is 3.57. The lowest BCUT2D eigenvalue weighted by molar-refractivity contribution is 0.107. The van der Waals surface area contributed by atoms with Crippen molar-refractivity contribution in [2.75, 3.05) is 31.7 Å². The van der Waals surface area contributed by atoms with E-state index in [2.05, 4.69) is 5.32 Å². The summed E-state index contributed by atoms with van der Waals surface area (Å²) >= 11 is 0. The van der Waals surface area contributed by atoms with Gasteiger partial charge in [-0.15, -0.1) is 0 Å². The predicted molar refractivity (Wildman–Crippen MR) is 74.1 cm³/mol. The van der Waals surface area contributed by atoms with Gasteiger partial charge in [-0.1, -0.05) is 0 Å². The fraction of sp³-hybridized carbons (Fsp3) is 0.600. The molecule has 1 saturated heterocycles. The molecule has 1 atom stereocenters. The first kappa shape index (κ1) is 12.6. The van der Waals surface area contributed by atoms with Crippen LogP contribution in [-0.4, -0.2) is 32.5 Å². The molecule has 1 fully saturated rings. The predicted octanol–water partition coefficient (Wildman–Crippen LogP) is 2.83. The van der Waals surface area contributed by atoms with Crippen LogP contribution in [0.15, 0.2) is 18.2 Å². The number of rotatable bonds is 4. The van der Waals surface area contributed by atoms with Crippen LogP contribution in [0.1, 0.15) is 25.7 Å². The molecule has 1 aromatic rings. The van der Waals surface area contributed by atoms with Gasteiger partial charge in [0.25, 0.3) is 0 Å². The molecule has 0 aromatic heterocycles. The zero-order valence-electron chi connectivity index (χ0n) is 11.2. The molecule has 4 heteroatoms. The average molecular weight is 263 g/mol. The van der Waals surface area contributed by atoms with Crippen LogP contribution in [0.3, 0.4) is 0 Å². The summed E-state index contributed by atoms with van der Waals surface area (Å²) in [6.45, 7) is 3.32. The summed E-state index contributed by atoms with van der Waals surface area (Å²) in [4.78, 5) is 0. The van der Waals surface area contributed by atoms with Crippen LogP contribution in [0, 0.1) is 0 Å². The van der Waals surface area contributed by atoms with E-state index in [0.29, 0.717) is 6.10 Å². The van der Waals surface area contributed by atoms with Crippen molar-refractivity contribution >= 4 is 5.69 Å². The van der Waals surface area contributed by atoms with Crippen LogP contribution in [0.4, 0.5) is 5.69 Å². The highest BCUT2D eigenvalue weighted by Crippen LogP contribution is 2.32. The van der Waals surface area contributed by atoms with Gasteiger partial charge in [0.1, 0.15) is 0 Å². The van der Waals surface area contributed by atoms with Crippen molar-refractivity contribution in [2.45, 2.75) is 31.8 Å². The van der Waals surface area contributed by atoms with E-state index in [1.165, 1.54) is 12.8 Å². The number of hydrogen-bond donors (Lipinski definition) is 1. The fourth-order valence-corrected chi connectivity index (χ4v) is 2.52. The summed E-state index contributed by atoms with van der Waals surface area (Å²) in [6.07, 6.45) is 4.84. The molecule has 4 nitrogen and oxygen atoms in total. The SMILES string of the molecule is c1cc2c(cc1NCCC1CCCO1)OCCCO2. The Balaban J connectivity index is 1.54. The summed E-state index contributed by atoms with van der Waals surface area (Å²) < 4.78 is 16.9. The van der Waals surface area contributed by atoms with E-state index in [1.54, 1.807) is 0 Å². The number of nitrogens with one attached hydrogen (secondary N) is 1. The lowest BCUT2D eigenvalue weighted by atomic mass is 10.2. The van der Waals surface area contributed by atoms with Gasteiger partial charge in [0.15, 0.2) is 11.5 Å². The number of fused-ring (bicyclic) bond motifs is 1. The molecule has 104 valence electrons. The summed E-state index contributed by atoms with van der Waals surface area (Å²) in [5.74, 6) is 1.70. The molecule has 0 spiro atoms. The highest BCUT2D eigenvalue weighted by molar-refractivity contribution is 5.54. The normalized spacial score (nSPS) is 22.0. The molecule has 0 saturated carbocycles. The van der Waals surface area contributed by atoms with Crippen molar-refractivity contribution in [1.29, 1.82) is 0 Å². The molecule has 0 aliphatic carbocycles. The van der Waals surface area contributed by atoms with E-state index in [9.17, 15) is 0 Å². The van der Waals surface area contributed by atoms with Gasteiger partial charge in [-0.05, 0) is 31.4 Å². The topological polar surface area (TPSA) is 39.7 Å².